The van der Waals surface area contributed by atoms with Crippen molar-refractivity contribution in [3.05, 3.63) is 94.8 Å². The fourth-order valence-electron chi connectivity index (χ4n) is 3.58. The first-order valence-corrected chi connectivity index (χ1v) is 12.7. The van der Waals surface area contributed by atoms with Crippen LogP contribution in [0.25, 0.3) is 15.9 Å². The molecular weight excluding hydrogens is 462 g/mol. The highest BCUT2D eigenvalue weighted by Crippen LogP contribution is 2.25. The predicted molar refractivity (Wildman–Crippen MR) is 139 cm³/mol. The van der Waals surface area contributed by atoms with E-state index >= 15 is 0 Å². The molecule has 1 N–H and O–H groups in total. The summed E-state index contributed by atoms with van der Waals surface area (Å²) in [6.45, 7) is 4.16. The number of aromatic nitrogens is 4. The van der Waals surface area contributed by atoms with Crippen LogP contribution >= 0.6 is 23.1 Å². The maximum Gasteiger partial charge on any atom is 0.234 e. The highest BCUT2D eigenvalue weighted by atomic mass is 32.2. The molecule has 2 aromatic heterocycles. The Morgan fingerprint density at radius 3 is 2.65 bits per heavy atom. The van der Waals surface area contributed by atoms with Crippen molar-refractivity contribution >= 4 is 44.9 Å². The molecule has 0 saturated heterocycles. The van der Waals surface area contributed by atoms with Gasteiger partial charge in [-0.05, 0) is 66.9 Å². The molecule has 6 nitrogen and oxygen atoms in total. The first-order chi connectivity index (χ1) is 16.5. The van der Waals surface area contributed by atoms with Crippen LogP contribution in [0.5, 0.6) is 0 Å². The lowest BCUT2D eigenvalue weighted by atomic mass is 10.1. The number of thiazole rings is 1. The van der Waals surface area contributed by atoms with E-state index in [1.807, 2.05) is 53.1 Å². The third kappa shape index (κ3) is 5.03. The van der Waals surface area contributed by atoms with Crippen molar-refractivity contribution in [2.45, 2.75) is 25.4 Å². The number of thioether (sulfide) groups is 1. The van der Waals surface area contributed by atoms with Gasteiger partial charge in [-0.3, -0.25) is 9.36 Å². The zero-order chi connectivity index (χ0) is 23.5. The van der Waals surface area contributed by atoms with Crippen LogP contribution in [-0.4, -0.2) is 31.4 Å². The second kappa shape index (κ2) is 9.79. The van der Waals surface area contributed by atoms with Gasteiger partial charge in [-0.15, -0.1) is 21.5 Å². The van der Waals surface area contributed by atoms with Gasteiger partial charge in [0, 0.05) is 17.8 Å². The first kappa shape index (κ1) is 22.3. The lowest BCUT2D eigenvalue weighted by Gasteiger charge is -2.09. The summed E-state index contributed by atoms with van der Waals surface area (Å²) in [6.07, 6.45) is 2.45. The molecule has 0 aliphatic rings. The Labute approximate surface area is 206 Å². The van der Waals surface area contributed by atoms with Crippen LogP contribution in [0.3, 0.4) is 0 Å². The summed E-state index contributed by atoms with van der Waals surface area (Å²) in [6, 6.07) is 22.3. The average Bonchev–Trinajstić information content (AvgIpc) is 3.47. The molecule has 3 aromatic carbocycles. The minimum atomic E-state index is -0.0847. The number of hydrogen-bond donors (Lipinski definition) is 1. The molecule has 1 amide bonds. The van der Waals surface area contributed by atoms with Gasteiger partial charge in [0.1, 0.15) is 6.33 Å². The summed E-state index contributed by atoms with van der Waals surface area (Å²) >= 11 is 3.08. The van der Waals surface area contributed by atoms with Crippen LogP contribution in [0.1, 0.15) is 21.7 Å². The van der Waals surface area contributed by atoms with Crippen molar-refractivity contribution in [2.75, 3.05) is 11.1 Å². The number of rotatable bonds is 7. The number of nitrogens with zero attached hydrogens (tertiary/aromatic N) is 4. The monoisotopic (exact) mass is 485 g/mol. The molecule has 5 rings (SSSR count). The summed E-state index contributed by atoms with van der Waals surface area (Å²) in [5.41, 5.74) is 6.39. The molecule has 0 bridgehead atoms. The lowest BCUT2D eigenvalue weighted by molar-refractivity contribution is -0.113. The van der Waals surface area contributed by atoms with Gasteiger partial charge in [-0.1, -0.05) is 42.1 Å². The van der Waals surface area contributed by atoms with Crippen molar-refractivity contribution in [3.63, 3.8) is 0 Å². The maximum absolute atomic E-state index is 12.5. The number of para-hydroxylation sites is 1. The van der Waals surface area contributed by atoms with Gasteiger partial charge >= 0.3 is 0 Å². The zero-order valence-corrected chi connectivity index (χ0v) is 20.5. The summed E-state index contributed by atoms with van der Waals surface area (Å²) in [7, 11) is 0. The van der Waals surface area contributed by atoms with Gasteiger partial charge in [0.2, 0.25) is 5.91 Å². The minimum absolute atomic E-state index is 0.0847. The van der Waals surface area contributed by atoms with E-state index in [0.29, 0.717) is 5.16 Å². The first-order valence-electron chi connectivity index (χ1n) is 10.9. The topological polar surface area (TPSA) is 72.7 Å². The Hall–Kier alpha value is -3.49. The standard InChI is InChI=1S/C26H23N5OS2/c1-17-7-12-21(13-18(17)2)31-16-27-30-26(31)33-15-24(32)28-20-10-8-19(9-11-20)14-25-29-22-5-3-4-6-23(22)34-25/h3-13,16H,14-15H2,1-2H3,(H,28,32). The number of fused-ring (bicyclic) bond motifs is 1. The molecule has 34 heavy (non-hydrogen) atoms. The SMILES string of the molecule is Cc1ccc(-n2cnnc2SCC(=O)Nc2ccc(Cc3nc4ccccc4s3)cc2)cc1C. The van der Waals surface area contributed by atoms with Gasteiger partial charge in [0.25, 0.3) is 0 Å². The molecule has 8 heteroatoms. The zero-order valence-electron chi connectivity index (χ0n) is 18.9. The molecule has 0 unspecified atom stereocenters. The Morgan fingerprint density at radius 2 is 1.85 bits per heavy atom. The second-order valence-corrected chi connectivity index (χ2v) is 10.1. The molecule has 0 saturated carbocycles. The molecule has 0 aliphatic heterocycles. The van der Waals surface area contributed by atoms with Gasteiger partial charge < -0.3 is 5.32 Å². The summed E-state index contributed by atoms with van der Waals surface area (Å²) in [5, 5.41) is 12.9. The van der Waals surface area contributed by atoms with E-state index in [1.54, 1.807) is 17.7 Å². The highest BCUT2D eigenvalue weighted by molar-refractivity contribution is 7.99. The summed E-state index contributed by atoms with van der Waals surface area (Å²) in [5.74, 6) is 0.162. The van der Waals surface area contributed by atoms with E-state index < -0.39 is 0 Å². The molecule has 2 heterocycles. The fourth-order valence-corrected chi connectivity index (χ4v) is 5.31. The third-order valence-electron chi connectivity index (χ3n) is 5.55. The van der Waals surface area contributed by atoms with Crippen LogP contribution < -0.4 is 5.32 Å². The van der Waals surface area contributed by atoms with Crippen molar-refractivity contribution in [1.82, 2.24) is 19.7 Å². The van der Waals surface area contributed by atoms with Gasteiger partial charge in [-0.25, -0.2) is 4.98 Å². The van der Waals surface area contributed by atoms with Gasteiger partial charge in [0.05, 0.1) is 21.0 Å². The average molecular weight is 486 g/mol. The van der Waals surface area contributed by atoms with Crippen LogP contribution in [0.15, 0.2) is 78.2 Å². The number of carbonyl (C=O) groups excluding carboxylic acids is 1. The lowest BCUT2D eigenvalue weighted by Crippen LogP contribution is -2.14. The maximum atomic E-state index is 12.5. The van der Waals surface area contributed by atoms with Crippen molar-refractivity contribution < 1.29 is 4.79 Å². The van der Waals surface area contributed by atoms with Crippen molar-refractivity contribution in [1.29, 1.82) is 0 Å². The number of nitrogens with one attached hydrogen (secondary N) is 1. The molecule has 0 spiro atoms. The van der Waals surface area contributed by atoms with E-state index in [9.17, 15) is 4.79 Å². The number of anilines is 1. The van der Waals surface area contributed by atoms with E-state index in [0.717, 1.165) is 33.9 Å². The Morgan fingerprint density at radius 1 is 1.03 bits per heavy atom. The van der Waals surface area contributed by atoms with Crippen molar-refractivity contribution in [3.8, 4) is 5.69 Å². The van der Waals surface area contributed by atoms with Crippen LogP contribution in [0.4, 0.5) is 5.69 Å². The quantitative estimate of drug-likeness (QED) is 0.294. The number of carbonyl (C=O) groups is 1. The smallest absolute Gasteiger partial charge is 0.234 e. The largest absolute Gasteiger partial charge is 0.325 e. The van der Waals surface area contributed by atoms with Gasteiger partial charge in [-0.2, -0.15) is 0 Å². The molecule has 5 aromatic rings. The normalized spacial score (nSPS) is 11.1. The van der Waals surface area contributed by atoms with E-state index in [2.05, 4.69) is 47.6 Å². The second-order valence-electron chi connectivity index (χ2n) is 8.04. The minimum Gasteiger partial charge on any atom is -0.325 e. The molecule has 170 valence electrons. The van der Waals surface area contributed by atoms with Crippen LogP contribution in [-0.2, 0) is 11.2 Å². The van der Waals surface area contributed by atoms with E-state index in [4.69, 9.17) is 4.98 Å². The summed E-state index contributed by atoms with van der Waals surface area (Å²) < 4.78 is 3.11. The Balaban J connectivity index is 1.18. The van der Waals surface area contributed by atoms with Crippen LogP contribution in [0, 0.1) is 13.8 Å². The molecule has 0 atom stereocenters. The third-order valence-corrected chi connectivity index (χ3v) is 7.53. The Bertz CT molecular complexity index is 1420. The molecule has 0 fully saturated rings. The number of aryl methyl sites for hydroxylation is 2. The predicted octanol–water partition coefficient (Wildman–Crippen LogP) is 5.82. The highest BCUT2D eigenvalue weighted by Gasteiger charge is 2.11. The van der Waals surface area contributed by atoms with Crippen molar-refractivity contribution in [2.24, 2.45) is 0 Å². The Kier molecular flexibility index (Phi) is 6.42. The van der Waals surface area contributed by atoms with Crippen LogP contribution in [0.2, 0.25) is 0 Å². The molecule has 0 aliphatic carbocycles. The molecule has 0 radical (unpaired) electrons. The number of benzene rings is 3. The molecular formula is C26H23N5OS2. The van der Waals surface area contributed by atoms with E-state index in [1.165, 1.54) is 27.6 Å². The van der Waals surface area contributed by atoms with Gasteiger partial charge in [0.15, 0.2) is 5.16 Å². The number of amides is 1. The summed E-state index contributed by atoms with van der Waals surface area (Å²) in [4.78, 5) is 17.2. The van der Waals surface area contributed by atoms with E-state index in [-0.39, 0.29) is 11.7 Å². The fraction of sp³-hybridized carbons (Fsp3) is 0.154. The number of hydrogen-bond acceptors (Lipinski definition) is 6.